The van der Waals surface area contributed by atoms with Gasteiger partial charge in [0, 0.05) is 11.5 Å². The zero-order valence-electron chi connectivity index (χ0n) is 12.3. The zero-order valence-corrected chi connectivity index (χ0v) is 12.3. The van der Waals surface area contributed by atoms with Crippen molar-refractivity contribution < 1.29 is 9.26 Å². The number of hydrogen-bond acceptors (Lipinski definition) is 4. The SMILES string of the molecule is CC(C)(C)c1cc(COC2CCCc3cn[nH]c32)no1. The van der Waals surface area contributed by atoms with Crippen molar-refractivity contribution in [3.8, 4) is 0 Å². The molecule has 1 N–H and O–H groups in total. The van der Waals surface area contributed by atoms with Gasteiger partial charge in [-0.25, -0.2) is 0 Å². The highest BCUT2D eigenvalue weighted by Crippen LogP contribution is 2.31. The third-order valence-corrected chi connectivity index (χ3v) is 3.72. The number of aryl methyl sites for hydroxylation is 1. The summed E-state index contributed by atoms with van der Waals surface area (Å²) in [5, 5.41) is 11.2. The first-order valence-electron chi connectivity index (χ1n) is 7.14. The Kier molecular flexibility index (Phi) is 3.38. The number of nitrogens with one attached hydrogen (secondary N) is 1. The Balaban J connectivity index is 1.65. The first-order valence-corrected chi connectivity index (χ1v) is 7.14. The van der Waals surface area contributed by atoms with Crippen LogP contribution in [0.25, 0.3) is 0 Å². The van der Waals surface area contributed by atoms with Crippen molar-refractivity contribution in [1.29, 1.82) is 0 Å². The molecule has 0 spiro atoms. The van der Waals surface area contributed by atoms with E-state index in [2.05, 4.69) is 36.1 Å². The number of aromatic nitrogens is 3. The molecule has 0 amide bonds. The molecule has 1 atom stereocenters. The summed E-state index contributed by atoms with van der Waals surface area (Å²) in [7, 11) is 0. The second-order valence-electron chi connectivity index (χ2n) is 6.43. The number of rotatable bonds is 3. The second kappa shape index (κ2) is 5.05. The minimum absolute atomic E-state index is 0.0212. The summed E-state index contributed by atoms with van der Waals surface area (Å²) in [4.78, 5) is 0. The van der Waals surface area contributed by atoms with E-state index in [1.54, 1.807) is 0 Å². The third kappa shape index (κ3) is 2.63. The first-order chi connectivity index (χ1) is 9.54. The molecule has 108 valence electrons. The van der Waals surface area contributed by atoms with Crippen LogP contribution in [0, 0.1) is 0 Å². The maximum atomic E-state index is 5.99. The largest absolute Gasteiger partial charge is 0.366 e. The zero-order chi connectivity index (χ0) is 14.2. The summed E-state index contributed by atoms with van der Waals surface area (Å²) < 4.78 is 11.4. The number of nitrogens with zero attached hydrogens (tertiary/aromatic N) is 2. The molecular weight excluding hydrogens is 254 g/mol. The lowest BCUT2D eigenvalue weighted by Gasteiger charge is -2.21. The van der Waals surface area contributed by atoms with E-state index >= 15 is 0 Å². The predicted molar refractivity (Wildman–Crippen MR) is 74.3 cm³/mol. The van der Waals surface area contributed by atoms with E-state index in [1.165, 1.54) is 5.56 Å². The molecule has 0 saturated carbocycles. The van der Waals surface area contributed by atoms with Crippen LogP contribution >= 0.6 is 0 Å². The summed E-state index contributed by atoms with van der Waals surface area (Å²) >= 11 is 0. The van der Waals surface area contributed by atoms with Gasteiger partial charge in [-0.2, -0.15) is 5.10 Å². The fourth-order valence-electron chi connectivity index (χ4n) is 2.51. The van der Waals surface area contributed by atoms with Crippen LogP contribution < -0.4 is 0 Å². The van der Waals surface area contributed by atoms with Crippen molar-refractivity contribution in [3.63, 3.8) is 0 Å². The summed E-state index contributed by atoms with van der Waals surface area (Å²) in [6.45, 7) is 6.80. The maximum absolute atomic E-state index is 5.99. The van der Waals surface area contributed by atoms with Gasteiger partial charge in [0.25, 0.3) is 0 Å². The minimum atomic E-state index is -0.0212. The van der Waals surface area contributed by atoms with Crippen LogP contribution in [0.2, 0.25) is 0 Å². The standard InChI is InChI=1S/C15H21N3O2/c1-15(2,3)13-7-11(18-20-13)9-19-12-6-4-5-10-8-16-17-14(10)12/h7-8,12H,4-6,9H2,1-3H3,(H,16,17). The van der Waals surface area contributed by atoms with Gasteiger partial charge in [0.1, 0.15) is 11.5 Å². The Labute approximate surface area is 118 Å². The Hall–Kier alpha value is -1.62. The molecule has 0 fully saturated rings. The van der Waals surface area contributed by atoms with E-state index in [9.17, 15) is 0 Å². The highest BCUT2D eigenvalue weighted by molar-refractivity contribution is 5.21. The Morgan fingerprint density at radius 2 is 2.30 bits per heavy atom. The van der Waals surface area contributed by atoms with Gasteiger partial charge in [0.2, 0.25) is 0 Å². The van der Waals surface area contributed by atoms with Gasteiger partial charge in [0.05, 0.1) is 24.6 Å². The average molecular weight is 275 g/mol. The summed E-state index contributed by atoms with van der Waals surface area (Å²) in [5.41, 5.74) is 3.22. The molecule has 0 bridgehead atoms. The maximum Gasteiger partial charge on any atom is 0.142 e. The van der Waals surface area contributed by atoms with Crippen LogP contribution in [-0.2, 0) is 23.2 Å². The molecule has 0 saturated heterocycles. The molecule has 2 heterocycles. The van der Waals surface area contributed by atoms with E-state index in [0.29, 0.717) is 6.61 Å². The molecule has 1 unspecified atom stereocenters. The van der Waals surface area contributed by atoms with E-state index in [1.807, 2.05) is 12.3 Å². The summed E-state index contributed by atoms with van der Waals surface area (Å²) in [6, 6.07) is 1.98. The number of fused-ring (bicyclic) bond motifs is 1. The highest BCUT2D eigenvalue weighted by atomic mass is 16.5. The number of H-pyrrole nitrogens is 1. The van der Waals surface area contributed by atoms with Crippen LogP contribution in [0.4, 0.5) is 0 Å². The van der Waals surface area contributed by atoms with Gasteiger partial charge in [-0.1, -0.05) is 25.9 Å². The fraction of sp³-hybridized carbons (Fsp3) is 0.600. The van der Waals surface area contributed by atoms with Gasteiger partial charge in [-0.15, -0.1) is 0 Å². The van der Waals surface area contributed by atoms with Gasteiger partial charge < -0.3 is 9.26 Å². The summed E-state index contributed by atoms with van der Waals surface area (Å²) in [5.74, 6) is 0.891. The van der Waals surface area contributed by atoms with E-state index in [0.717, 1.165) is 36.4 Å². The molecule has 0 aliphatic heterocycles. The fourth-order valence-corrected chi connectivity index (χ4v) is 2.51. The predicted octanol–water partition coefficient (Wildman–Crippen LogP) is 3.29. The third-order valence-electron chi connectivity index (χ3n) is 3.72. The van der Waals surface area contributed by atoms with E-state index in [4.69, 9.17) is 9.26 Å². The number of aromatic amines is 1. The first kappa shape index (κ1) is 13.4. The Morgan fingerprint density at radius 3 is 3.05 bits per heavy atom. The molecule has 3 rings (SSSR count). The quantitative estimate of drug-likeness (QED) is 0.933. The van der Waals surface area contributed by atoms with Crippen molar-refractivity contribution in [2.75, 3.05) is 0 Å². The van der Waals surface area contributed by atoms with Gasteiger partial charge >= 0.3 is 0 Å². The monoisotopic (exact) mass is 275 g/mol. The normalized spacial score (nSPS) is 19.1. The van der Waals surface area contributed by atoms with Crippen LogP contribution in [-0.4, -0.2) is 15.4 Å². The molecule has 5 nitrogen and oxygen atoms in total. The molecule has 1 aliphatic carbocycles. The van der Waals surface area contributed by atoms with Crippen molar-refractivity contribution >= 4 is 0 Å². The topological polar surface area (TPSA) is 63.9 Å². The lowest BCUT2D eigenvalue weighted by Crippen LogP contribution is -2.12. The Bertz CT molecular complexity index is 580. The molecule has 20 heavy (non-hydrogen) atoms. The minimum Gasteiger partial charge on any atom is -0.366 e. The van der Waals surface area contributed by atoms with Crippen LogP contribution in [0.5, 0.6) is 0 Å². The molecule has 2 aromatic heterocycles. The lowest BCUT2D eigenvalue weighted by atomic mass is 9.93. The van der Waals surface area contributed by atoms with Gasteiger partial charge in [-0.3, -0.25) is 5.10 Å². The Morgan fingerprint density at radius 1 is 1.45 bits per heavy atom. The van der Waals surface area contributed by atoms with Crippen LogP contribution in [0.15, 0.2) is 16.8 Å². The van der Waals surface area contributed by atoms with Gasteiger partial charge in [0.15, 0.2) is 0 Å². The van der Waals surface area contributed by atoms with E-state index in [-0.39, 0.29) is 11.5 Å². The molecule has 0 radical (unpaired) electrons. The number of hydrogen-bond donors (Lipinski definition) is 1. The van der Waals surface area contributed by atoms with E-state index < -0.39 is 0 Å². The second-order valence-corrected chi connectivity index (χ2v) is 6.43. The van der Waals surface area contributed by atoms with Crippen LogP contribution in [0.3, 0.4) is 0 Å². The highest BCUT2D eigenvalue weighted by Gasteiger charge is 2.24. The van der Waals surface area contributed by atoms with Crippen molar-refractivity contribution in [2.24, 2.45) is 0 Å². The van der Waals surface area contributed by atoms with Crippen molar-refractivity contribution in [3.05, 3.63) is 35.0 Å². The molecule has 5 heteroatoms. The van der Waals surface area contributed by atoms with Crippen LogP contribution in [0.1, 0.15) is 62.4 Å². The average Bonchev–Trinajstić information content (AvgIpc) is 3.04. The molecular formula is C15H21N3O2. The molecule has 0 aromatic carbocycles. The summed E-state index contributed by atoms with van der Waals surface area (Å²) in [6.07, 6.45) is 5.25. The van der Waals surface area contributed by atoms with Gasteiger partial charge in [-0.05, 0) is 24.8 Å². The molecule has 2 aromatic rings. The van der Waals surface area contributed by atoms with Crippen molar-refractivity contribution in [2.45, 2.75) is 58.2 Å². The smallest absolute Gasteiger partial charge is 0.142 e. The molecule has 1 aliphatic rings. The lowest BCUT2D eigenvalue weighted by molar-refractivity contribution is 0.0225. The number of ether oxygens (including phenoxy) is 1. The van der Waals surface area contributed by atoms with Crippen molar-refractivity contribution in [1.82, 2.24) is 15.4 Å².